The maximum Gasteiger partial charge on any atom is 0.251 e. The lowest BCUT2D eigenvalue weighted by Gasteiger charge is -2.09. The van der Waals surface area contributed by atoms with Crippen molar-refractivity contribution in [2.75, 3.05) is 25.5 Å². The highest BCUT2D eigenvalue weighted by molar-refractivity contribution is 5.94. The van der Waals surface area contributed by atoms with Gasteiger partial charge in [-0.25, -0.2) is 4.39 Å². The van der Waals surface area contributed by atoms with Crippen LogP contribution in [0, 0.1) is 5.82 Å². The Morgan fingerprint density at radius 3 is 2.75 bits per heavy atom. The molecule has 2 heterocycles. The molecule has 0 atom stereocenters. The average Bonchev–Trinajstić information content (AvgIpc) is 3.21. The van der Waals surface area contributed by atoms with Gasteiger partial charge in [0.15, 0.2) is 11.5 Å². The van der Waals surface area contributed by atoms with E-state index in [-0.39, 0.29) is 11.5 Å². The molecule has 2 aromatic carbocycles. The van der Waals surface area contributed by atoms with Crippen molar-refractivity contribution in [1.29, 1.82) is 0 Å². The van der Waals surface area contributed by atoms with Crippen LogP contribution >= 0.6 is 0 Å². The standard InChI is InChI=1S/C23H23FN6O2/c1-32-19-8-3-2-5-16(19)11-13-25-20-9-10-21-27-28-22(30(21)29-20)12-14-26-23(31)17-6-4-7-18(24)15-17/h2-10,15H,11-14H2,1H3,(H,25,29)(H,26,31). The number of aromatic nitrogens is 4. The van der Waals surface area contributed by atoms with E-state index in [4.69, 9.17) is 4.74 Å². The van der Waals surface area contributed by atoms with E-state index < -0.39 is 5.82 Å². The second kappa shape index (κ2) is 9.86. The second-order valence-corrected chi connectivity index (χ2v) is 7.11. The fourth-order valence-electron chi connectivity index (χ4n) is 3.34. The number of methoxy groups -OCH3 is 1. The van der Waals surface area contributed by atoms with Crippen molar-refractivity contribution < 1.29 is 13.9 Å². The van der Waals surface area contributed by atoms with Gasteiger partial charge in [-0.05, 0) is 48.4 Å². The third-order valence-corrected chi connectivity index (χ3v) is 4.94. The molecule has 0 aliphatic heterocycles. The minimum atomic E-state index is -0.448. The lowest BCUT2D eigenvalue weighted by atomic mass is 10.1. The molecule has 2 N–H and O–H groups in total. The van der Waals surface area contributed by atoms with Crippen LogP contribution in [0.1, 0.15) is 21.7 Å². The Balaban J connectivity index is 1.35. The highest BCUT2D eigenvalue weighted by Gasteiger charge is 2.10. The number of para-hydroxylation sites is 1. The van der Waals surface area contributed by atoms with Gasteiger partial charge in [0.25, 0.3) is 5.91 Å². The van der Waals surface area contributed by atoms with Crippen LogP contribution in [0.4, 0.5) is 10.2 Å². The van der Waals surface area contributed by atoms with Crippen LogP contribution in [0.2, 0.25) is 0 Å². The fraction of sp³-hybridized carbons (Fsp3) is 0.217. The van der Waals surface area contributed by atoms with Gasteiger partial charge in [-0.2, -0.15) is 4.52 Å². The molecule has 0 spiro atoms. The van der Waals surface area contributed by atoms with Gasteiger partial charge >= 0.3 is 0 Å². The number of carbonyl (C=O) groups excluding carboxylic acids is 1. The van der Waals surface area contributed by atoms with Gasteiger partial charge in [-0.3, -0.25) is 4.79 Å². The Morgan fingerprint density at radius 1 is 1.03 bits per heavy atom. The van der Waals surface area contributed by atoms with Gasteiger partial charge in [-0.1, -0.05) is 24.3 Å². The zero-order valence-electron chi connectivity index (χ0n) is 17.6. The molecule has 0 aliphatic rings. The predicted molar refractivity (Wildman–Crippen MR) is 118 cm³/mol. The van der Waals surface area contributed by atoms with E-state index in [0.717, 1.165) is 17.7 Å². The summed E-state index contributed by atoms with van der Waals surface area (Å²) in [5.41, 5.74) is 2.00. The maximum absolute atomic E-state index is 13.3. The predicted octanol–water partition coefficient (Wildman–Crippen LogP) is 2.90. The summed E-state index contributed by atoms with van der Waals surface area (Å²) >= 11 is 0. The SMILES string of the molecule is COc1ccccc1CCNc1ccc2nnc(CCNC(=O)c3cccc(F)c3)n2n1. The number of hydrogen-bond donors (Lipinski definition) is 2. The molecule has 164 valence electrons. The number of rotatable bonds is 9. The molecule has 32 heavy (non-hydrogen) atoms. The van der Waals surface area contributed by atoms with Crippen molar-refractivity contribution in [2.24, 2.45) is 0 Å². The summed E-state index contributed by atoms with van der Waals surface area (Å²) in [6.07, 6.45) is 1.21. The quantitative estimate of drug-likeness (QED) is 0.421. The molecular formula is C23H23FN6O2. The number of ether oxygens (including phenoxy) is 1. The summed E-state index contributed by atoms with van der Waals surface area (Å²) in [6.45, 7) is 1.00. The summed E-state index contributed by atoms with van der Waals surface area (Å²) in [6, 6.07) is 17.2. The third-order valence-electron chi connectivity index (χ3n) is 4.94. The van der Waals surface area contributed by atoms with Gasteiger partial charge in [0.2, 0.25) is 0 Å². The van der Waals surface area contributed by atoms with Crippen molar-refractivity contribution >= 4 is 17.4 Å². The van der Waals surface area contributed by atoms with Crippen LogP contribution in [0.25, 0.3) is 5.65 Å². The van der Waals surface area contributed by atoms with E-state index in [9.17, 15) is 9.18 Å². The number of halogens is 1. The lowest BCUT2D eigenvalue weighted by Crippen LogP contribution is -2.26. The molecule has 0 unspecified atom stereocenters. The summed E-state index contributed by atoms with van der Waals surface area (Å²) in [4.78, 5) is 12.2. The number of nitrogens with zero attached hydrogens (tertiary/aromatic N) is 4. The van der Waals surface area contributed by atoms with Crippen LogP contribution in [-0.2, 0) is 12.8 Å². The molecule has 4 rings (SSSR count). The molecule has 4 aromatic rings. The normalized spacial score (nSPS) is 10.8. The Kier molecular flexibility index (Phi) is 6.54. The van der Waals surface area contributed by atoms with Gasteiger partial charge in [-0.15, -0.1) is 15.3 Å². The van der Waals surface area contributed by atoms with Crippen molar-refractivity contribution in [1.82, 2.24) is 25.1 Å². The molecular weight excluding hydrogens is 411 g/mol. The summed E-state index contributed by atoms with van der Waals surface area (Å²) in [5.74, 6) is 1.38. The van der Waals surface area contributed by atoms with Gasteiger partial charge in [0.1, 0.15) is 17.4 Å². The molecule has 0 bridgehead atoms. The average molecular weight is 434 g/mol. The lowest BCUT2D eigenvalue weighted by molar-refractivity contribution is 0.0953. The maximum atomic E-state index is 13.3. The number of amides is 1. The summed E-state index contributed by atoms with van der Waals surface area (Å²) in [5, 5.41) is 18.9. The van der Waals surface area contributed by atoms with Crippen molar-refractivity contribution in [3.63, 3.8) is 0 Å². The molecule has 8 nitrogen and oxygen atoms in total. The first-order chi connectivity index (χ1) is 15.6. The number of hydrogen-bond acceptors (Lipinski definition) is 6. The van der Waals surface area contributed by atoms with Gasteiger partial charge in [0.05, 0.1) is 7.11 Å². The number of benzene rings is 2. The fourth-order valence-corrected chi connectivity index (χ4v) is 3.34. The number of nitrogens with one attached hydrogen (secondary N) is 2. The molecule has 0 saturated carbocycles. The molecule has 0 radical (unpaired) electrons. The monoisotopic (exact) mass is 434 g/mol. The van der Waals surface area contributed by atoms with Crippen LogP contribution < -0.4 is 15.4 Å². The Bertz CT molecular complexity index is 1230. The largest absolute Gasteiger partial charge is 0.496 e. The minimum absolute atomic E-state index is 0.274. The first kappa shape index (κ1) is 21.2. The van der Waals surface area contributed by atoms with Crippen LogP contribution in [0.3, 0.4) is 0 Å². The highest BCUT2D eigenvalue weighted by Crippen LogP contribution is 2.18. The van der Waals surface area contributed by atoms with Gasteiger partial charge < -0.3 is 15.4 Å². The highest BCUT2D eigenvalue weighted by atomic mass is 19.1. The Morgan fingerprint density at radius 2 is 1.91 bits per heavy atom. The van der Waals surface area contributed by atoms with Crippen LogP contribution in [0.5, 0.6) is 5.75 Å². The van der Waals surface area contributed by atoms with E-state index in [2.05, 4.69) is 25.9 Å². The van der Waals surface area contributed by atoms with E-state index in [1.165, 1.54) is 18.2 Å². The number of anilines is 1. The Labute approximate surface area is 184 Å². The summed E-state index contributed by atoms with van der Waals surface area (Å²) in [7, 11) is 1.66. The van der Waals surface area contributed by atoms with Crippen molar-refractivity contribution in [3.05, 3.63) is 83.4 Å². The van der Waals surface area contributed by atoms with Crippen LogP contribution in [-0.4, -0.2) is 45.9 Å². The van der Waals surface area contributed by atoms with Gasteiger partial charge in [0, 0.05) is 25.1 Å². The number of fused-ring (bicyclic) bond motifs is 1. The molecule has 2 aromatic heterocycles. The smallest absolute Gasteiger partial charge is 0.251 e. The first-order valence-electron chi connectivity index (χ1n) is 10.2. The molecule has 9 heteroatoms. The third kappa shape index (κ3) is 5.00. The topological polar surface area (TPSA) is 93.4 Å². The molecule has 0 aliphatic carbocycles. The first-order valence-corrected chi connectivity index (χ1v) is 10.2. The second-order valence-electron chi connectivity index (χ2n) is 7.11. The zero-order chi connectivity index (χ0) is 22.3. The van der Waals surface area contributed by atoms with Crippen molar-refractivity contribution in [2.45, 2.75) is 12.8 Å². The van der Waals surface area contributed by atoms with Crippen molar-refractivity contribution in [3.8, 4) is 5.75 Å². The van der Waals surface area contributed by atoms with E-state index in [0.29, 0.717) is 36.8 Å². The minimum Gasteiger partial charge on any atom is -0.496 e. The van der Waals surface area contributed by atoms with E-state index in [1.54, 1.807) is 17.7 Å². The Hall–Kier alpha value is -4.01. The molecule has 1 amide bonds. The molecule has 0 saturated heterocycles. The molecule has 0 fully saturated rings. The summed E-state index contributed by atoms with van der Waals surface area (Å²) < 4.78 is 20.3. The number of carbonyl (C=O) groups is 1. The van der Waals surface area contributed by atoms with Crippen LogP contribution in [0.15, 0.2) is 60.7 Å². The zero-order valence-corrected chi connectivity index (χ0v) is 17.6. The van der Waals surface area contributed by atoms with E-state index >= 15 is 0 Å². The van der Waals surface area contributed by atoms with E-state index in [1.807, 2.05) is 36.4 Å².